The monoisotopic (exact) mass is 615 g/mol. The molecule has 3 aromatic heterocycles. The van der Waals surface area contributed by atoms with E-state index in [1.54, 1.807) is 29.8 Å². The SMILES string of the molecule is Cc1ccc(Cc2cc(-c3cccnc3)nc3sccc23)cc1C(=O)Nc1ccc(CN2CCN(C)CC2)c(C(F)(F)F)c1. The molecule has 0 saturated carbocycles. The lowest BCUT2D eigenvalue weighted by Gasteiger charge is -2.33. The highest BCUT2D eigenvalue weighted by Gasteiger charge is 2.34. The summed E-state index contributed by atoms with van der Waals surface area (Å²) in [4.78, 5) is 27.6. The molecule has 1 amide bonds. The Morgan fingerprint density at radius 2 is 1.82 bits per heavy atom. The van der Waals surface area contributed by atoms with Crippen molar-refractivity contribution in [3.05, 3.63) is 112 Å². The third-order valence-electron chi connectivity index (χ3n) is 8.09. The maximum absolute atomic E-state index is 14.1. The number of nitrogens with one attached hydrogen (secondary N) is 1. The molecule has 10 heteroatoms. The van der Waals surface area contributed by atoms with Crippen molar-refractivity contribution in [2.75, 3.05) is 38.5 Å². The average Bonchev–Trinajstić information content (AvgIpc) is 3.49. The minimum absolute atomic E-state index is 0.115. The summed E-state index contributed by atoms with van der Waals surface area (Å²) in [6, 6.07) is 17.7. The number of pyridine rings is 2. The molecule has 5 aromatic rings. The number of hydrogen-bond donors (Lipinski definition) is 1. The number of halogens is 3. The Morgan fingerprint density at radius 1 is 1.00 bits per heavy atom. The van der Waals surface area contributed by atoms with Gasteiger partial charge in [-0.25, -0.2) is 4.98 Å². The summed E-state index contributed by atoms with van der Waals surface area (Å²) in [5, 5.41) is 5.78. The van der Waals surface area contributed by atoms with E-state index in [2.05, 4.69) is 15.2 Å². The van der Waals surface area contributed by atoms with Gasteiger partial charge in [0.05, 0.1) is 11.3 Å². The molecule has 226 valence electrons. The Bertz CT molecular complexity index is 1800. The number of hydrogen-bond acceptors (Lipinski definition) is 6. The molecular weight excluding hydrogens is 583 g/mol. The zero-order valence-corrected chi connectivity index (χ0v) is 25.3. The number of anilines is 1. The second-order valence-electron chi connectivity index (χ2n) is 11.3. The Balaban J connectivity index is 1.24. The van der Waals surface area contributed by atoms with Gasteiger partial charge in [-0.1, -0.05) is 18.2 Å². The van der Waals surface area contributed by atoms with Crippen molar-refractivity contribution >= 4 is 33.1 Å². The van der Waals surface area contributed by atoms with E-state index in [0.717, 1.165) is 57.3 Å². The smallest absolute Gasteiger partial charge is 0.322 e. The maximum Gasteiger partial charge on any atom is 0.416 e. The van der Waals surface area contributed by atoms with E-state index in [9.17, 15) is 18.0 Å². The van der Waals surface area contributed by atoms with Crippen LogP contribution in [-0.2, 0) is 19.1 Å². The number of carbonyl (C=O) groups excluding carboxylic acids is 1. The molecule has 1 fully saturated rings. The Labute approximate surface area is 258 Å². The lowest BCUT2D eigenvalue weighted by Crippen LogP contribution is -2.44. The number of aromatic nitrogens is 2. The molecule has 0 atom stereocenters. The molecule has 1 aliphatic rings. The standard InChI is InChI=1S/C34H32F3N5OS/c1-22-5-6-23(16-26-18-31(24-4-3-10-38-20-24)40-33-28(26)9-15-44-33)17-29(22)32(43)39-27-8-7-25(30(19-27)34(35,36)37)21-42-13-11-41(2)12-14-42/h3-10,15,17-20H,11-14,16,21H2,1-2H3,(H,39,43). The summed E-state index contributed by atoms with van der Waals surface area (Å²) in [6.45, 7) is 5.10. The molecule has 1 aliphatic heterocycles. The topological polar surface area (TPSA) is 61.4 Å². The molecule has 6 nitrogen and oxygen atoms in total. The van der Waals surface area contributed by atoms with Crippen LogP contribution in [0.1, 0.15) is 38.2 Å². The van der Waals surface area contributed by atoms with Gasteiger partial charge in [-0.3, -0.25) is 14.7 Å². The fraction of sp³-hybridized carbons (Fsp3) is 0.265. The first-order valence-corrected chi connectivity index (χ1v) is 15.3. The number of nitrogens with zero attached hydrogens (tertiary/aromatic N) is 4. The molecule has 0 aliphatic carbocycles. The fourth-order valence-electron chi connectivity index (χ4n) is 5.57. The average molecular weight is 616 g/mol. The van der Waals surface area contributed by atoms with Crippen LogP contribution in [-0.4, -0.2) is 58.9 Å². The fourth-order valence-corrected chi connectivity index (χ4v) is 6.38. The number of carbonyl (C=O) groups is 1. The third-order valence-corrected chi connectivity index (χ3v) is 8.89. The first kappa shape index (κ1) is 29.9. The minimum Gasteiger partial charge on any atom is -0.322 e. The number of fused-ring (bicyclic) bond motifs is 1. The van der Waals surface area contributed by atoms with E-state index in [1.807, 2.05) is 66.7 Å². The number of rotatable bonds is 7. The van der Waals surface area contributed by atoms with Gasteiger partial charge in [0, 0.05) is 67.3 Å². The molecule has 0 unspecified atom stereocenters. The van der Waals surface area contributed by atoms with Crippen LogP contribution in [0.15, 0.2) is 78.4 Å². The van der Waals surface area contributed by atoms with Gasteiger partial charge in [0.15, 0.2) is 0 Å². The second-order valence-corrected chi connectivity index (χ2v) is 12.2. The van der Waals surface area contributed by atoms with Gasteiger partial charge in [0.2, 0.25) is 0 Å². The van der Waals surface area contributed by atoms with Crippen LogP contribution < -0.4 is 5.32 Å². The summed E-state index contributed by atoms with van der Waals surface area (Å²) in [5.41, 5.74) is 4.48. The van der Waals surface area contributed by atoms with Gasteiger partial charge in [-0.2, -0.15) is 13.2 Å². The molecule has 1 saturated heterocycles. The van der Waals surface area contributed by atoms with E-state index in [1.165, 1.54) is 6.07 Å². The third kappa shape index (κ3) is 6.67. The van der Waals surface area contributed by atoms with Crippen molar-refractivity contribution < 1.29 is 18.0 Å². The highest BCUT2D eigenvalue weighted by molar-refractivity contribution is 7.16. The van der Waals surface area contributed by atoms with Gasteiger partial charge in [0.1, 0.15) is 4.83 Å². The van der Waals surface area contributed by atoms with Crippen LogP contribution in [0.3, 0.4) is 0 Å². The van der Waals surface area contributed by atoms with Crippen LogP contribution >= 0.6 is 11.3 Å². The maximum atomic E-state index is 14.1. The first-order chi connectivity index (χ1) is 21.1. The lowest BCUT2D eigenvalue weighted by atomic mass is 9.97. The summed E-state index contributed by atoms with van der Waals surface area (Å²) in [6.07, 6.45) is -0.476. The van der Waals surface area contributed by atoms with Crippen LogP contribution in [0, 0.1) is 6.92 Å². The summed E-state index contributed by atoms with van der Waals surface area (Å²) >= 11 is 1.57. The second kappa shape index (κ2) is 12.5. The van der Waals surface area contributed by atoms with E-state index in [-0.39, 0.29) is 17.8 Å². The number of alkyl halides is 3. The number of aryl methyl sites for hydroxylation is 1. The highest BCUT2D eigenvalue weighted by Crippen LogP contribution is 2.35. The van der Waals surface area contributed by atoms with E-state index >= 15 is 0 Å². The molecule has 1 N–H and O–H groups in total. The van der Waals surface area contributed by atoms with Gasteiger partial charge in [-0.15, -0.1) is 11.3 Å². The number of piperazine rings is 1. The van der Waals surface area contributed by atoms with Crippen molar-refractivity contribution in [3.8, 4) is 11.3 Å². The quantitative estimate of drug-likeness (QED) is 0.209. The molecular formula is C34H32F3N5OS. The molecule has 6 rings (SSSR count). The normalized spacial score (nSPS) is 14.7. The van der Waals surface area contributed by atoms with Crippen LogP contribution in [0.4, 0.5) is 18.9 Å². The number of likely N-dealkylation sites (N-methyl/N-ethyl adjacent to an activating group) is 1. The minimum atomic E-state index is -4.54. The van der Waals surface area contributed by atoms with Gasteiger partial charge < -0.3 is 10.2 Å². The van der Waals surface area contributed by atoms with Crippen molar-refractivity contribution in [1.29, 1.82) is 0 Å². The predicted octanol–water partition coefficient (Wildman–Crippen LogP) is 7.28. The van der Waals surface area contributed by atoms with Gasteiger partial charge in [-0.05, 0) is 90.5 Å². The van der Waals surface area contributed by atoms with Crippen LogP contribution in [0.5, 0.6) is 0 Å². The van der Waals surface area contributed by atoms with E-state index in [0.29, 0.717) is 25.1 Å². The molecule has 0 radical (unpaired) electrons. The summed E-state index contributed by atoms with van der Waals surface area (Å²) in [7, 11) is 2.01. The van der Waals surface area contributed by atoms with Crippen LogP contribution in [0.25, 0.3) is 21.5 Å². The van der Waals surface area contributed by atoms with E-state index < -0.39 is 17.6 Å². The van der Waals surface area contributed by atoms with Crippen molar-refractivity contribution in [3.63, 3.8) is 0 Å². The molecule has 0 spiro atoms. The molecule has 4 heterocycles. The number of thiophene rings is 1. The van der Waals surface area contributed by atoms with Crippen molar-refractivity contribution in [2.45, 2.75) is 26.1 Å². The zero-order chi connectivity index (χ0) is 30.8. The van der Waals surface area contributed by atoms with E-state index in [4.69, 9.17) is 4.98 Å². The zero-order valence-electron chi connectivity index (χ0n) is 24.5. The Morgan fingerprint density at radius 3 is 2.57 bits per heavy atom. The summed E-state index contributed by atoms with van der Waals surface area (Å²) in [5.74, 6) is -0.448. The first-order valence-electron chi connectivity index (χ1n) is 14.4. The highest BCUT2D eigenvalue weighted by atomic mass is 32.1. The Kier molecular flexibility index (Phi) is 8.48. The van der Waals surface area contributed by atoms with Crippen molar-refractivity contribution in [1.82, 2.24) is 19.8 Å². The number of amides is 1. The largest absolute Gasteiger partial charge is 0.416 e. The predicted molar refractivity (Wildman–Crippen MR) is 169 cm³/mol. The number of benzene rings is 2. The van der Waals surface area contributed by atoms with Crippen molar-refractivity contribution in [2.24, 2.45) is 0 Å². The lowest BCUT2D eigenvalue weighted by molar-refractivity contribution is -0.138. The molecule has 0 bridgehead atoms. The summed E-state index contributed by atoms with van der Waals surface area (Å²) < 4.78 is 42.3. The molecule has 44 heavy (non-hydrogen) atoms. The Hall–Kier alpha value is -4.12. The van der Waals surface area contributed by atoms with Gasteiger partial charge in [0.25, 0.3) is 5.91 Å². The van der Waals surface area contributed by atoms with Gasteiger partial charge >= 0.3 is 6.18 Å². The molecule has 2 aromatic carbocycles. The van der Waals surface area contributed by atoms with Crippen LogP contribution in [0.2, 0.25) is 0 Å².